The molecule has 0 saturated heterocycles. The van der Waals surface area contributed by atoms with Crippen LogP contribution in [0.15, 0.2) is 30.3 Å². The summed E-state index contributed by atoms with van der Waals surface area (Å²) in [5.74, 6) is -0.109. The Bertz CT molecular complexity index is 581. The van der Waals surface area contributed by atoms with Gasteiger partial charge in [0, 0.05) is 13.1 Å². The third-order valence-electron chi connectivity index (χ3n) is 5.34. The molecule has 2 amide bonds. The molecule has 31 heavy (non-hydrogen) atoms. The first-order valence-corrected chi connectivity index (χ1v) is 12.1. The van der Waals surface area contributed by atoms with Crippen molar-refractivity contribution in [3.63, 3.8) is 0 Å². The Kier molecular flexibility index (Phi) is 16.2. The highest BCUT2D eigenvalue weighted by molar-refractivity contribution is 5.81. The maximum atomic E-state index is 12.0. The molecule has 0 aliphatic carbocycles. The van der Waals surface area contributed by atoms with Crippen molar-refractivity contribution < 1.29 is 14.3 Å². The molecule has 0 saturated carbocycles. The number of amides is 2. The number of hydrogen-bond acceptors (Lipinski definition) is 4. The fourth-order valence-electron chi connectivity index (χ4n) is 3.37. The van der Waals surface area contributed by atoms with Crippen LogP contribution in [0.1, 0.15) is 89.5 Å². The summed E-state index contributed by atoms with van der Waals surface area (Å²) in [5, 5.41) is 5.61. The van der Waals surface area contributed by atoms with Gasteiger partial charge in [-0.05, 0) is 24.8 Å². The standard InChI is InChI=1S/C25H43N3O3/c1-2-3-4-5-6-7-8-9-10-14-19-27-24(29)23(26)18-15-20-28-25(30)31-21-22-16-12-11-13-17-22/h11-13,16-17,23H,2-10,14-15,18-21,26H2,1H3,(H,27,29)(H,28,30)/t23-/m0/s1. The Morgan fingerprint density at radius 1 is 0.839 bits per heavy atom. The molecular formula is C25H43N3O3. The van der Waals surface area contributed by atoms with Gasteiger partial charge in [0.15, 0.2) is 0 Å². The Morgan fingerprint density at radius 3 is 2.06 bits per heavy atom. The highest BCUT2D eigenvalue weighted by atomic mass is 16.5. The van der Waals surface area contributed by atoms with Gasteiger partial charge < -0.3 is 21.1 Å². The lowest BCUT2D eigenvalue weighted by Crippen LogP contribution is -2.41. The maximum absolute atomic E-state index is 12.0. The molecule has 0 heterocycles. The van der Waals surface area contributed by atoms with Gasteiger partial charge in [0.05, 0.1) is 6.04 Å². The normalized spacial score (nSPS) is 11.7. The van der Waals surface area contributed by atoms with E-state index in [1.165, 1.54) is 51.4 Å². The Hall–Kier alpha value is -2.08. The minimum Gasteiger partial charge on any atom is -0.445 e. The molecule has 0 aromatic heterocycles. The van der Waals surface area contributed by atoms with Crippen LogP contribution in [-0.4, -0.2) is 31.1 Å². The quantitative estimate of drug-likeness (QED) is 0.282. The fraction of sp³-hybridized carbons (Fsp3) is 0.680. The lowest BCUT2D eigenvalue weighted by Gasteiger charge is -2.12. The van der Waals surface area contributed by atoms with Gasteiger partial charge in [-0.15, -0.1) is 0 Å². The fourth-order valence-corrected chi connectivity index (χ4v) is 3.37. The van der Waals surface area contributed by atoms with E-state index >= 15 is 0 Å². The predicted molar refractivity (Wildman–Crippen MR) is 127 cm³/mol. The van der Waals surface area contributed by atoms with Crippen molar-refractivity contribution in [2.24, 2.45) is 5.73 Å². The van der Waals surface area contributed by atoms with Crippen LogP contribution in [0.2, 0.25) is 0 Å². The molecule has 0 spiro atoms. The monoisotopic (exact) mass is 433 g/mol. The number of carbonyl (C=O) groups is 2. The summed E-state index contributed by atoms with van der Waals surface area (Å²) in [5.41, 5.74) is 6.89. The largest absolute Gasteiger partial charge is 0.445 e. The molecule has 1 rings (SSSR count). The van der Waals surface area contributed by atoms with E-state index in [2.05, 4.69) is 17.6 Å². The molecule has 1 aromatic rings. The Labute approximate surface area is 188 Å². The molecule has 0 fully saturated rings. The molecule has 0 aliphatic heterocycles. The molecule has 1 atom stereocenters. The molecule has 0 unspecified atom stereocenters. The molecule has 6 heteroatoms. The van der Waals surface area contributed by atoms with Crippen LogP contribution in [0.5, 0.6) is 0 Å². The van der Waals surface area contributed by atoms with Crippen LogP contribution in [0.3, 0.4) is 0 Å². The zero-order valence-corrected chi connectivity index (χ0v) is 19.4. The van der Waals surface area contributed by atoms with Crippen molar-refractivity contribution in [1.29, 1.82) is 0 Å². The average molecular weight is 434 g/mol. The molecule has 4 N–H and O–H groups in total. The van der Waals surface area contributed by atoms with E-state index in [0.717, 1.165) is 18.4 Å². The van der Waals surface area contributed by atoms with Gasteiger partial charge in [-0.1, -0.05) is 95.0 Å². The molecule has 176 valence electrons. The number of alkyl carbamates (subject to hydrolysis) is 1. The van der Waals surface area contributed by atoms with Crippen molar-refractivity contribution in [3.8, 4) is 0 Å². The van der Waals surface area contributed by atoms with E-state index in [9.17, 15) is 9.59 Å². The average Bonchev–Trinajstić information content (AvgIpc) is 2.79. The van der Waals surface area contributed by atoms with Crippen molar-refractivity contribution >= 4 is 12.0 Å². The molecule has 0 aliphatic rings. The lowest BCUT2D eigenvalue weighted by atomic mass is 10.1. The molecule has 0 radical (unpaired) electrons. The van der Waals surface area contributed by atoms with Gasteiger partial charge in [-0.3, -0.25) is 4.79 Å². The minimum atomic E-state index is -0.537. The zero-order chi connectivity index (χ0) is 22.6. The second-order valence-corrected chi connectivity index (χ2v) is 8.21. The van der Waals surface area contributed by atoms with Crippen molar-refractivity contribution in [2.45, 2.75) is 96.6 Å². The van der Waals surface area contributed by atoms with E-state index in [4.69, 9.17) is 10.5 Å². The Balaban J connectivity index is 1.92. The number of nitrogens with two attached hydrogens (primary N) is 1. The minimum absolute atomic E-state index is 0.109. The van der Waals surface area contributed by atoms with Crippen LogP contribution < -0.4 is 16.4 Å². The topological polar surface area (TPSA) is 93.5 Å². The van der Waals surface area contributed by atoms with Gasteiger partial charge >= 0.3 is 6.09 Å². The summed E-state index contributed by atoms with van der Waals surface area (Å²) in [6, 6.07) is 8.99. The second-order valence-electron chi connectivity index (χ2n) is 8.21. The van der Waals surface area contributed by atoms with E-state index < -0.39 is 12.1 Å². The first-order chi connectivity index (χ1) is 15.1. The van der Waals surface area contributed by atoms with Gasteiger partial charge in [0.25, 0.3) is 0 Å². The van der Waals surface area contributed by atoms with Crippen LogP contribution in [0.25, 0.3) is 0 Å². The highest BCUT2D eigenvalue weighted by Gasteiger charge is 2.12. The van der Waals surface area contributed by atoms with Crippen molar-refractivity contribution in [3.05, 3.63) is 35.9 Å². The van der Waals surface area contributed by atoms with Crippen LogP contribution in [-0.2, 0) is 16.1 Å². The first-order valence-electron chi connectivity index (χ1n) is 12.1. The van der Waals surface area contributed by atoms with Gasteiger partial charge in [0.2, 0.25) is 5.91 Å². The third kappa shape index (κ3) is 15.4. The van der Waals surface area contributed by atoms with Crippen LogP contribution >= 0.6 is 0 Å². The molecule has 0 bridgehead atoms. The summed E-state index contributed by atoms with van der Waals surface area (Å²) in [6.45, 7) is 3.61. The molecular weight excluding hydrogens is 390 g/mol. The van der Waals surface area contributed by atoms with Crippen molar-refractivity contribution in [2.75, 3.05) is 13.1 Å². The highest BCUT2D eigenvalue weighted by Crippen LogP contribution is 2.10. The lowest BCUT2D eigenvalue weighted by molar-refractivity contribution is -0.122. The SMILES string of the molecule is CCCCCCCCCCCCNC(=O)[C@@H](N)CCCNC(=O)OCc1ccccc1. The van der Waals surface area contributed by atoms with Crippen LogP contribution in [0, 0.1) is 0 Å². The zero-order valence-electron chi connectivity index (χ0n) is 19.4. The van der Waals surface area contributed by atoms with Gasteiger partial charge in [0.1, 0.15) is 6.61 Å². The number of hydrogen-bond donors (Lipinski definition) is 3. The van der Waals surface area contributed by atoms with E-state index in [1.807, 2.05) is 30.3 Å². The summed E-state index contributed by atoms with van der Waals surface area (Å²) < 4.78 is 5.14. The molecule has 6 nitrogen and oxygen atoms in total. The summed E-state index contributed by atoms with van der Waals surface area (Å²) in [7, 11) is 0. The maximum Gasteiger partial charge on any atom is 0.407 e. The smallest absolute Gasteiger partial charge is 0.407 e. The van der Waals surface area contributed by atoms with E-state index in [1.54, 1.807) is 0 Å². The first kappa shape index (κ1) is 27.0. The Morgan fingerprint density at radius 2 is 1.42 bits per heavy atom. The number of carbonyl (C=O) groups excluding carboxylic acids is 2. The second kappa shape index (κ2) is 18.7. The molecule has 1 aromatic carbocycles. The van der Waals surface area contributed by atoms with E-state index in [0.29, 0.717) is 25.9 Å². The predicted octanol–water partition coefficient (Wildman–Crippen LogP) is 5.06. The number of nitrogens with one attached hydrogen (secondary N) is 2. The van der Waals surface area contributed by atoms with Gasteiger partial charge in [-0.2, -0.15) is 0 Å². The number of rotatable bonds is 18. The number of benzene rings is 1. The third-order valence-corrected chi connectivity index (χ3v) is 5.34. The van der Waals surface area contributed by atoms with Gasteiger partial charge in [-0.25, -0.2) is 4.79 Å². The van der Waals surface area contributed by atoms with Crippen LogP contribution in [0.4, 0.5) is 4.79 Å². The number of ether oxygens (including phenoxy) is 1. The summed E-state index contributed by atoms with van der Waals surface area (Å²) >= 11 is 0. The summed E-state index contributed by atoms with van der Waals surface area (Å²) in [4.78, 5) is 23.7. The number of unbranched alkanes of at least 4 members (excludes halogenated alkanes) is 9. The summed E-state index contributed by atoms with van der Waals surface area (Å²) in [6.07, 6.45) is 13.5. The van der Waals surface area contributed by atoms with Crippen molar-refractivity contribution in [1.82, 2.24) is 10.6 Å². The van der Waals surface area contributed by atoms with E-state index in [-0.39, 0.29) is 12.5 Å².